The molecule has 0 aliphatic carbocycles. The van der Waals surface area contributed by atoms with Crippen molar-refractivity contribution in [1.29, 1.82) is 0 Å². The first kappa shape index (κ1) is 32.6. The summed E-state index contributed by atoms with van der Waals surface area (Å²) in [6.07, 6.45) is 0. The van der Waals surface area contributed by atoms with E-state index in [1.807, 2.05) is 24.3 Å². The van der Waals surface area contributed by atoms with Gasteiger partial charge >= 0.3 is 4.87 Å². The van der Waals surface area contributed by atoms with Crippen LogP contribution in [-0.2, 0) is 31.0 Å². The Morgan fingerprint density at radius 3 is 2.17 bits per heavy atom. The molecule has 3 N–H and O–H groups in total. The van der Waals surface area contributed by atoms with E-state index in [1.165, 1.54) is 53.1 Å². The number of sulfonamides is 1. The molecule has 0 bridgehead atoms. The molecule has 3 aromatic carbocycles. The smallest absolute Gasteiger partial charge is 0.308 e. The Kier molecular flexibility index (Phi) is 8.82. The lowest BCUT2D eigenvalue weighted by atomic mass is 9.83. The summed E-state index contributed by atoms with van der Waals surface area (Å²) < 4.78 is 38.2. The fraction of sp³-hybridized carbons (Fsp3) is 0.250. The van der Waals surface area contributed by atoms with Gasteiger partial charge in [0.1, 0.15) is 17.6 Å². The van der Waals surface area contributed by atoms with Crippen LogP contribution in [0.1, 0.15) is 30.2 Å². The third-order valence-corrected chi connectivity index (χ3v) is 11.8. The number of benzene rings is 3. The molecule has 2 aliphatic heterocycles. The van der Waals surface area contributed by atoms with Crippen molar-refractivity contribution in [3.8, 4) is 0 Å². The van der Waals surface area contributed by atoms with Gasteiger partial charge in [-0.3, -0.25) is 23.7 Å². The summed E-state index contributed by atoms with van der Waals surface area (Å²) in [6, 6.07) is 18.1. The SMILES string of the molecule is CCN(CC)c1ccc(C2c3sc(=O)n(CC(=O)Nc4ccc(S(N)(=O)=O)cc4)c3SC3C(=O)N(c4ccc(F)cc4)C(=O)C32)cc1. The van der Waals surface area contributed by atoms with E-state index in [0.717, 1.165) is 52.3 Å². The van der Waals surface area contributed by atoms with Crippen LogP contribution < -0.4 is 25.1 Å². The summed E-state index contributed by atoms with van der Waals surface area (Å²) in [5.41, 5.74) is 2.28. The Morgan fingerprint density at radius 1 is 0.936 bits per heavy atom. The van der Waals surface area contributed by atoms with E-state index in [9.17, 15) is 32.0 Å². The van der Waals surface area contributed by atoms with E-state index in [2.05, 4.69) is 24.1 Å². The lowest BCUT2D eigenvalue weighted by Crippen LogP contribution is -2.33. The zero-order chi connectivity index (χ0) is 33.6. The lowest BCUT2D eigenvalue weighted by molar-refractivity contribution is -0.122. The molecule has 0 spiro atoms. The van der Waals surface area contributed by atoms with Crippen LogP contribution in [0.25, 0.3) is 0 Å². The molecule has 1 saturated heterocycles. The van der Waals surface area contributed by atoms with Crippen LogP contribution in [0.2, 0.25) is 0 Å². The van der Waals surface area contributed by atoms with Crippen molar-refractivity contribution in [2.24, 2.45) is 11.1 Å². The molecule has 0 saturated carbocycles. The number of nitrogens with two attached hydrogens (primary N) is 1. The third kappa shape index (κ3) is 6.11. The second kappa shape index (κ2) is 12.7. The third-order valence-electron chi connectivity index (χ3n) is 8.28. The Hall–Kier alpha value is -4.31. The average molecular weight is 696 g/mol. The summed E-state index contributed by atoms with van der Waals surface area (Å²) in [7, 11) is -3.92. The van der Waals surface area contributed by atoms with Gasteiger partial charge in [0, 0.05) is 35.3 Å². The minimum absolute atomic E-state index is 0.119. The van der Waals surface area contributed by atoms with Crippen molar-refractivity contribution < 1.29 is 27.2 Å². The number of nitrogens with zero attached hydrogens (tertiary/aromatic N) is 3. The predicted octanol–water partition coefficient (Wildman–Crippen LogP) is 3.98. The maximum Gasteiger partial charge on any atom is 0.308 e. The number of imide groups is 1. The van der Waals surface area contributed by atoms with Gasteiger partial charge in [-0.05, 0) is 80.1 Å². The van der Waals surface area contributed by atoms with E-state index >= 15 is 0 Å². The monoisotopic (exact) mass is 695 g/mol. The van der Waals surface area contributed by atoms with Crippen molar-refractivity contribution in [2.45, 2.75) is 41.5 Å². The van der Waals surface area contributed by atoms with Crippen LogP contribution in [0, 0.1) is 11.7 Å². The summed E-state index contributed by atoms with van der Waals surface area (Å²) in [4.78, 5) is 57.8. The first-order valence-electron chi connectivity index (χ1n) is 14.7. The Labute approximate surface area is 278 Å². The van der Waals surface area contributed by atoms with Crippen LogP contribution in [0.3, 0.4) is 0 Å². The van der Waals surface area contributed by atoms with E-state index < -0.39 is 55.5 Å². The highest BCUT2D eigenvalue weighted by atomic mass is 32.2. The zero-order valence-corrected chi connectivity index (χ0v) is 27.7. The van der Waals surface area contributed by atoms with Gasteiger partial charge < -0.3 is 10.2 Å². The summed E-state index contributed by atoms with van der Waals surface area (Å²) >= 11 is 2.00. The van der Waals surface area contributed by atoms with Crippen molar-refractivity contribution >= 4 is 67.9 Å². The highest BCUT2D eigenvalue weighted by Gasteiger charge is 2.56. The molecule has 47 heavy (non-hydrogen) atoms. The second-order valence-electron chi connectivity index (χ2n) is 11.0. The Morgan fingerprint density at radius 2 is 1.57 bits per heavy atom. The van der Waals surface area contributed by atoms with Gasteiger partial charge in [0.05, 0.1) is 21.5 Å². The number of rotatable bonds is 9. The van der Waals surface area contributed by atoms with Crippen LogP contribution in [0.4, 0.5) is 21.5 Å². The number of amides is 3. The topological polar surface area (TPSA) is 152 Å². The van der Waals surface area contributed by atoms with Gasteiger partial charge in [0.2, 0.25) is 27.7 Å². The molecule has 15 heteroatoms. The second-order valence-corrected chi connectivity index (χ2v) is 14.7. The number of hydrogen-bond donors (Lipinski definition) is 2. The quantitative estimate of drug-likeness (QED) is 0.250. The van der Waals surface area contributed by atoms with Gasteiger partial charge in [0.25, 0.3) is 0 Å². The van der Waals surface area contributed by atoms with Crippen LogP contribution in [-0.4, -0.2) is 49.0 Å². The number of hydrogen-bond acceptors (Lipinski definition) is 9. The van der Waals surface area contributed by atoms with Crippen LogP contribution in [0.5, 0.6) is 0 Å². The number of carbonyl (C=O) groups excluding carboxylic acids is 3. The molecule has 1 fully saturated rings. The number of aromatic nitrogens is 1. The van der Waals surface area contributed by atoms with Gasteiger partial charge in [-0.25, -0.2) is 22.8 Å². The minimum atomic E-state index is -3.92. The molecule has 3 amide bonds. The van der Waals surface area contributed by atoms with E-state index in [4.69, 9.17) is 5.14 Å². The predicted molar refractivity (Wildman–Crippen MR) is 179 cm³/mol. The van der Waals surface area contributed by atoms with E-state index in [1.54, 1.807) is 0 Å². The van der Waals surface area contributed by atoms with Crippen molar-refractivity contribution in [3.63, 3.8) is 0 Å². The summed E-state index contributed by atoms with van der Waals surface area (Å²) in [6.45, 7) is 5.31. The van der Waals surface area contributed by atoms with E-state index in [-0.39, 0.29) is 17.1 Å². The molecule has 2 aliphatic rings. The standard InChI is InChI=1S/C32H30FN5O6S3/c1-3-36(4-2)21-11-5-18(6-12-21)25-26-27(30(41)38(29(26)40)22-13-7-19(33)8-14-22)45-31-28(25)46-32(42)37(31)17-24(39)35-20-9-15-23(16-10-20)47(34,43)44/h5-16,25-27H,3-4,17H2,1-2H3,(H,35,39)(H2,34,43,44). The highest BCUT2D eigenvalue weighted by molar-refractivity contribution is 8.00. The molecular formula is C32H30FN5O6S3. The Bertz CT molecular complexity index is 2020. The number of thioether (sulfide) groups is 1. The molecule has 4 aromatic rings. The molecule has 244 valence electrons. The molecular weight excluding hydrogens is 666 g/mol. The summed E-state index contributed by atoms with van der Waals surface area (Å²) in [5.74, 6) is -3.50. The highest BCUT2D eigenvalue weighted by Crippen LogP contribution is 2.54. The maximum atomic E-state index is 14.1. The molecule has 11 nitrogen and oxygen atoms in total. The maximum absolute atomic E-state index is 14.1. The first-order valence-corrected chi connectivity index (χ1v) is 18.0. The van der Waals surface area contributed by atoms with Crippen molar-refractivity contribution in [1.82, 2.24) is 4.57 Å². The molecule has 3 heterocycles. The van der Waals surface area contributed by atoms with Crippen LogP contribution in [0.15, 0.2) is 87.5 Å². The van der Waals surface area contributed by atoms with Gasteiger partial charge in [-0.2, -0.15) is 0 Å². The van der Waals surface area contributed by atoms with Gasteiger partial charge in [-0.15, -0.1) is 0 Å². The fourth-order valence-corrected chi connectivity index (χ4v) is 9.30. The number of fused-ring (bicyclic) bond motifs is 2. The number of halogens is 1. The summed E-state index contributed by atoms with van der Waals surface area (Å²) in [5, 5.41) is 7.32. The number of thiazole rings is 1. The molecule has 3 atom stereocenters. The lowest BCUT2D eigenvalue weighted by Gasteiger charge is -2.31. The molecule has 6 rings (SSSR count). The van der Waals surface area contributed by atoms with Gasteiger partial charge in [0.15, 0.2) is 0 Å². The fourth-order valence-electron chi connectivity index (χ4n) is 6.01. The number of nitrogens with one attached hydrogen (secondary N) is 1. The molecule has 1 aromatic heterocycles. The number of anilines is 3. The van der Waals surface area contributed by atoms with E-state index in [0.29, 0.717) is 15.6 Å². The van der Waals surface area contributed by atoms with Crippen molar-refractivity contribution in [3.05, 3.63) is 98.7 Å². The minimum Gasteiger partial charge on any atom is -0.372 e. The van der Waals surface area contributed by atoms with Crippen molar-refractivity contribution in [2.75, 3.05) is 28.2 Å². The first-order chi connectivity index (χ1) is 22.4. The zero-order valence-electron chi connectivity index (χ0n) is 25.3. The number of carbonyl (C=O) groups is 3. The van der Waals surface area contributed by atoms with Gasteiger partial charge in [-0.1, -0.05) is 35.2 Å². The molecule has 0 radical (unpaired) electrons. The Balaban J connectivity index is 1.38. The largest absolute Gasteiger partial charge is 0.372 e. The normalized spacial score (nSPS) is 19.0. The molecule has 3 unspecified atom stereocenters. The number of primary sulfonamides is 1. The van der Waals surface area contributed by atoms with Crippen LogP contribution >= 0.6 is 23.1 Å². The average Bonchev–Trinajstić information content (AvgIpc) is 3.48.